The van der Waals surface area contributed by atoms with Crippen LogP contribution in [0.1, 0.15) is 60.9 Å². The van der Waals surface area contributed by atoms with E-state index >= 15 is 0 Å². The first-order valence-electron chi connectivity index (χ1n) is 11.7. The highest BCUT2D eigenvalue weighted by atomic mass is 16.1. The van der Waals surface area contributed by atoms with Crippen molar-refractivity contribution in [2.75, 3.05) is 25.0 Å². The van der Waals surface area contributed by atoms with E-state index in [1.54, 1.807) is 11.0 Å². The van der Waals surface area contributed by atoms with E-state index < -0.39 is 5.91 Å². The van der Waals surface area contributed by atoms with E-state index in [-0.39, 0.29) is 11.1 Å². The SMILES string of the molecule is CNC1CCCN(c2cncnc2-c2ccc(Cn3nnc(C(N)=O)c3C(C)(C)C)c(C)c2)C1. The summed E-state index contributed by atoms with van der Waals surface area (Å²) in [6.45, 7) is 10.6. The van der Waals surface area contributed by atoms with Gasteiger partial charge in [-0.15, -0.1) is 5.10 Å². The van der Waals surface area contributed by atoms with Crippen LogP contribution in [0.5, 0.6) is 0 Å². The summed E-state index contributed by atoms with van der Waals surface area (Å²) >= 11 is 0. The molecule has 0 saturated carbocycles. The van der Waals surface area contributed by atoms with Gasteiger partial charge < -0.3 is 16.0 Å². The number of aromatic nitrogens is 5. The number of carbonyl (C=O) groups is 1. The van der Waals surface area contributed by atoms with Gasteiger partial charge in [0, 0.05) is 30.1 Å². The summed E-state index contributed by atoms with van der Waals surface area (Å²) < 4.78 is 1.78. The van der Waals surface area contributed by atoms with Crippen LogP contribution in [0.4, 0.5) is 5.69 Å². The van der Waals surface area contributed by atoms with E-state index in [9.17, 15) is 4.79 Å². The van der Waals surface area contributed by atoms with Crippen LogP contribution in [-0.4, -0.2) is 57.0 Å². The molecule has 3 heterocycles. The van der Waals surface area contributed by atoms with E-state index in [4.69, 9.17) is 5.73 Å². The number of amides is 1. The van der Waals surface area contributed by atoms with Gasteiger partial charge in [-0.25, -0.2) is 14.6 Å². The lowest BCUT2D eigenvalue weighted by molar-refractivity contribution is 0.0993. The first-order valence-corrected chi connectivity index (χ1v) is 11.7. The lowest BCUT2D eigenvalue weighted by Gasteiger charge is -2.34. The van der Waals surface area contributed by atoms with Crippen molar-refractivity contribution in [3.63, 3.8) is 0 Å². The number of nitrogens with one attached hydrogen (secondary N) is 1. The number of piperidine rings is 1. The molecule has 9 heteroatoms. The highest BCUT2D eigenvalue weighted by molar-refractivity contribution is 5.92. The van der Waals surface area contributed by atoms with Crippen molar-refractivity contribution >= 4 is 11.6 Å². The molecule has 0 aliphatic carbocycles. The quantitative estimate of drug-likeness (QED) is 0.579. The smallest absolute Gasteiger partial charge is 0.271 e. The molecule has 1 atom stereocenters. The minimum absolute atomic E-state index is 0.230. The summed E-state index contributed by atoms with van der Waals surface area (Å²) in [7, 11) is 2.02. The van der Waals surface area contributed by atoms with E-state index in [1.165, 1.54) is 6.42 Å². The van der Waals surface area contributed by atoms with Crippen LogP contribution < -0.4 is 16.0 Å². The zero-order valence-corrected chi connectivity index (χ0v) is 20.7. The second kappa shape index (κ2) is 9.50. The Morgan fingerprint density at radius 3 is 2.76 bits per heavy atom. The molecule has 1 aliphatic heterocycles. The number of anilines is 1. The Kier molecular flexibility index (Phi) is 6.65. The Bertz CT molecular complexity index is 1180. The van der Waals surface area contributed by atoms with E-state index in [0.717, 1.165) is 53.3 Å². The lowest BCUT2D eigenvalue weighted by Crippen LogP contribution is -2.44. The van der Waals surface area contributed by atoms with Crippen molar-refractivity contribution in [1.29, 1.82) is 0 Å². The van der Waals surface area contributed by atoms with Crippen LogP contribution in [0.15, 0.2) is 30.7 Å². The summed E-state index contributed by atoms with van der Waals surface area (Å²) in [6, 6.07) is 6.82. The summed E-state index contributed by atoms with van der Waals surface area (Å²) in [5.41, 5.74) is 11.5. The molecule has 2 aromatic heterocycles. The molecule has 9 nitrogen and oxygen atoms in total. The molecule has 3 N–H and O–H groups in total. The molecule has 0 radical (unpaired) electrons. The summed E-state index contributed by atoms with van der Waals surface area (Å²) in [5, 5.41) is 11.7. The van der Waals surface area contributed by atoms with Crippen molar-refractivity contribution in [2.24, 2.45) is 5.73 Å². The fraction of sp³-hybridized carbons (Fsp3) is 0.480. The monoisotopic (exact) mass is 462 g/mol. The van der Waals surface area contributed by atoms with Gasteiger partial charge in [0.1, 0.15) is 6.33 Å². The van der Waals surface area contributed by atoms with Gasteiger partial charge in [0.25, 0.3) is 5.91 Å². The molecule has 1 fully saturated rings. The Morgan fingerprint density at radius 1 is 1.29 bits per heavy atom. The zero-order valence-electron chi connectivity index (χ0n) is 20.7. The van der Waals surface area contributed by atoms with Gasteiger partial charge in [-0.1, -0.05) is 38.1 Å². The second-order valence-electron chi connectivity index (χ2n) is 10.0. The fourth-order valence-corrected chi connectivity index (χ4v) is 4.72. The van der Waals surface area contributed by atoms with Gasteiger partial charge in [-0.3, -0.25) is 4.79 Å². The average Bonchev–Trinajstić information content (AvgIpc) is 3.25. The fourth-order valence-electron chi connectivity index (χ4n) is 4.72. The Morgan fingerprint density at radius 2 is 2.09 bits per heavy atom. The number of rotatable bonds is 6. The number of likely N-dealkylation sites (N-methyl/N-ethyl adjacent to an activating group) is 1. The topological polar surface area (TPSA) is 115 Å². The Balaban J connectivity index is 1.65. The van der Waals surface area contributed by atoms with Gasteiger partial charge in [0.05, 0.1) is 29.8 Å². The third-order valence-electron chi connectivity index (χ3n) is 6.48. The molecular formula is C25H34N8O. The number of primary amides is 1. The standard InChI is InChI=1S/C25H34N8O/c1-16-11-17(21-20(12-28-15-29-21)32-10-6-7-19(14-32)27-5)8-9-18(16)13-33-23(25(2,3)4)22(24(26)34)30-31-33/h8-9,11-12,15,19,27H,6-7,10,13-14H2,1-5H3,(H2,26,34). The molecule has 1 unspecified atom stereocenters. The highest BCUT2D eigenvalue weighted by Crippen LogP contribution is 2.32. The Hall–Kier alpha value is -3.33. The molecule has 180 valence electrons. The van der Waals surface area contributed by atoms with Crippen LogP contribution >= 0.6 is 0 Å². The van der Waals surface area contributed by atoms with Gasteiger partial charge in [-0.05, 0) is 44.0 Å². The van der Waals surface area contributed by atoms with Gasteiger partial charge in [-0.2, -0.15) is 0 Å². The molecule has 0 spiro atoms. The van der Waals surface area contributed by atoms with Crippen LogP contribution in [0.3, 0.4) is 0 Å². The van der Waals surface area contributed by atoms with Gasteiger partial charge >= 0.3 is 0 Å². The van der Waals surface area contributed by atoms with E-state index in [0.29, 0.717) is 12.6 Å². The number of nitrogens with two attached hydrogens (primary N) is 1. The van der Waals surface area contributed by atoms with Crippen LogP contribution in [0.25, 0.3) is 11.3 Å². The maximum absolute atomic E-state index is 11.9. The van der Waals surface area contributed by atoms with Crippen LogP contribution in [-0.2, 0) is 12.0 Å². The van der Waals surface area contributed by atoms with E-state index in [1.807, 2.05) is 34.0 Å². The first-order chi connectivity index (χ1) is 16.2. The molecule has 34 heavy (non-hydrogen) atoms. The number of carbonyl (C=O) groups excluding carboxylic acids is 1. The summed E-state index contributed by atoms with van der Waals surface area (Å²) in [6.07, 6.45) is 5.84. The van der Waals surface area contributed by atoms with Crippen molar-refractivity contribution < 1.29 is 4.79 Å². The zero-order chi connectivity index (χ0) is 24.5. The number of hydrogen-bond acceptors (Lipinski definition) is 7. The number of hydrogen-bond donors (Lipinski definition) is 2. The Labute approximate surface area is 200 Å². The third-order valence-corrected chi connectivity index (χ3v) is 6.48. The molecule has 4 rings (SSSR count). The number of aryl methyl sites for hydroxylation is 1. The molecule has 1 amide bonds. The van der Waals surface area contributed by atoms with Crippen molar-refractivity contribution in [2.45, 2.75) is 58.5 Å². The second-order valence-corrected chi connectivity index (χ2v) is 10.0. The predicted molar refractivity (Wildman–Crippen MR) is 133 cm³/mol. The molecule has 0 bridgehead atoms. The lowest BCUT2D eigenvalue weighted by atomic mass is 9.90. The predicted octanol–water partition coefficient (Wildman–Crippen LogP) is 2.68. The summed E-state index contributed by atoms with van der Waals surface area (Å²) in [5.74, 6) is -0.558. The van der Waals surface area contributed by atoms with Crippen molar-refractivity contribution in [3.05, 3.63) is 53.2 Å². The minimum Gasteiger partial charge on any atom is -0.367 e. The maximum Gasteiger partial charge on any atom is 0.271 e. The summed E-state index contributed by atoms with van der Waals surface area (Å²) in [4.78, 5) is 23.2. The van der Waals surface area contributed by atoms with Gasteiger partial charge in [0.15, 0.2) is 5.69 Å². The van der Waals surface area contributed by atoms with Gasteiger partial charge in [0.2, 0.25) is 0 Å². The average molecular weight is 463 g/mol. The third kappa shape index (κ3) is 4.79. The molecule has 1 aromatic carbocycles. The van der Waals surface area contributed by atoms with E-state index in [2.05, 4.69) is 55.6 Å². The molecule has 1 aliphatic rings. The van der Waals surface area contributed by atoms with Crippen molar-refractivity contribution in [1.82, 2.24) is 30.3 Å². The normalized spacial score (nSPS) is 16.6. The number of benzene rings is 1. The largest absolute Gasteiger partial charge is 0.367 e. The maximum atomic E-state index is 11.9. The molecule has 3 aromatic rings. The van der Waals surface area contributed by atoms with Crippen LogP contribution in [0, 0.1) is 6.92 Å². The highest BCUT2D eigenvalue weighted by Gasteiger charge is 2.28. The first kappa shape index (κ1) is 23.8. The molecular weight excluding hydrogens is 428 g/mol. The van der Waals surface area contributed by atoms with Crippen LogP contribution in [0.2, 0.25) is 0 Å². The minimum atomic E-state index is -0.558. The molecule has 1 saturated heterocycles. The van der Waals surface area contributed by atoms with Crippen molar-refractivity contribution in [3.8, 4) is 11.3 Å². The number of nitrogens with zero attached hydrogens (tertiary/aromatic N) is 6.